The third-order valence-electron chi connectivity index (χ3n) is 3.52. The molecule has 2 aromatic rings. The van der Waals surface area contributed by atoms with Crippen molar-refractivity contribution in [3.05, 3.63) is 64.2 Å². The van der Waals surface area contributed by atoms with Gasteiger partial charge in [0.05, 0.1) is 22.3 Å². The molecule has 1 unspecified atom stereocenters. The van der Waals surface area contributed by atoms with E-state index in [1.807, 2.05) is 0 Å². The number of halogens is 8. The SMILES string of the molecule is OC(CN[C@@H](c1cc(F)cc(C(F)(F)F)c1)c1ccc(Cl)cn1)C(F)(F)F. The summed E-state index contributed by atoms with van der Waals surface area (Å²) in [5, 5.41) is 11.6. The third kappa shape index (κ3) is 5.78. The molecule has 0 spiro atoms. The number of hydrogen-bond acceptors (Lipinski definition) is 3. The molecule has 3 nitrogen and oxygen atoms in total. The van der Waals surface area contributed by atoms with Crippen molar-refractivity contribution < 1.29 is 35.8 Å². The molecule has 0 aliphatic heterocycles. The van der Waals surface area contributed by atoms with Crippen LogP contribution in [-0.4, -0.2) is 28.9 Å². The summed E-state index contributed by atoms with van der Waals surface area (Å²) in [6, 6.07) is 2.83. The van der Waals surface area contributed by atoms with E-state index in [1.165, 1.54) is 12.1 Å². The molecule has 1 aromatic carbocycles. The van der Waals surface area contributed by atoms with Crippen molar-refractivity contribution in [2.45, 2.75) is 24.5 Å². The third-order valence-corrected chi connectivity index (χ3v) is 3.74. The fourth-order valence-electron chi connectivity index (χ4n) is 2.24. The van der Waals surface area contributed by atoms with Gasteiger partial charge in [-0.05, 0) is 35.9 Å². The van der Waals surface area contributed by atoms with Crippen molar-refractivity contribution in [1.82, 2.24) is 10.3 Å². The van der Waals surface area contributed by atoms with Gasteiger partial charge in [-0.3, -0.25) is 4.98 Å². The highest BCUT2D eigenvalue weighted by molar-refractivity contribution is 6.30. The Bertz CT molecular complexity index is 778. The van der Waals surface area contributed by atoms with Gasteiger partial charge in [-0.25, -0.2) is 4.39 Å². The predicted molar refractivity (Wildman–Crippen MR) is 82.6 cm³/mol. The van der Waals surface area contributed by atoms with Crippen LogP contribution in [0.25, 0.3) is 0 Å². The lowest BCUT2D eigenvalue weighted by Gasteiger charge is -2.23. The van der Waals surface area contributed by atoms with E-state index in [0.29, 0.717) is 6.07 Å². The van der Waals surface area contributed by atoms with E-state index in [-0.39, 0.29) is 22.3 Å². The fraction of sp³-hybridized carbons (Fsp3) is 0.312. The number of rotatable bonds is 5. The molecular weight excluding hydrogens is 405 g/mol. The lowest BCUT2D eigenvalue weighted by molar-refractivity contribution is -0.202. The maximum Gasteiger partial charge on any atom is 0.416 e. The number of aromatic nitrogens is 1. The number of pyridine rings is 1. The van der Waals surface area contributed by atoms with Crippen LogP contribution in [0.3, 0.4) is 0 Å². The van der Waals surface area contributed by atoms with E-state index in [9.17, 15) is 30.7 Å². The maximum absolute atomic E-state index is 13.7. The predicted octanol–water partition coefficient (Wildman–Crippen LogP) is 4.50. The average molecular weight is 417 g/mol. The largest absolute Gasteiger partial charge is 0.416 e. The smallest absolute Gasteiger partial charge is 0.382 e. The molecule has 0 bridgehead atoms. The van der Waals surface area contributed by atoms with Crippen LogP contribution < -0.4 is 5.32 Å². The number of nitrogens with one attached hydrogen (secondary N) is 1. The van der Waals surface area contributed by atoms with Crippen molar-refractivity contribution in [2.24, 2.45) is 0 Å². The summed E-state index contributed by atoms with van der Waals surface area (Å²) in [6.07, 6.45) is -11.4. The molecule has 148 valence electrons. The molecule has 0 aliphatic carbocycles. The van der Waals surface area contributed by atoms with Gasteiger partial charge < -0.3 is 10.4 Å². The first-order chi connectivity index (χ1) is 12.4. The lowest BCUT2D eigenvalue weighted by Crippen LogP contribution is -2.40. The lowest BCUT2D eigenvalue weighted by atomic mass is 9.99. The van der Waals surface area contributed by atoms with Crippen LogP contribution in [0.4, 0.5) is 30.7 Å². The summed E-state index contributed by atoms with van der Waals surface area (Å²) in [7, 11) is 0. The zero-order chi connectivity index (χ0) is 20.4. The molecule has 0 amide bonds. The second-order valence-electron chi connectivity index (χ2n) is 5.57. The first-order valence-corrected chi connectivity index (χ1v) is 7.73. The average Bonchev–Trinajstić information content (AvgIpc) is 2.54. The van der Waals surface area contributed by atoms with E-state index in [0.717, 1.165) is 12.3 Å². The molecular formula is C16H12ClF7N2O. The topological polar surface area (TPSA) is 45.1 Å². The zero-order valence-electron chi connectivity index (χ0n) is 13.2. The Labute approximate surface area is 153 Å². The number of benzene rings is 1. The minimum atomic E-state index is -4.94. The first-order valence-electron chi connectivity index (χ1n) is 7.35. The van der Waals surface area contributed by atoms with Crippen molar-refractivity contribution in [3.63, 3.8) is 0 Å². The number of alkyl halides is 6. The van der Waals surface area contributed by atoms with Gasteiger partial charge >= 0.3 is 12.4 Å². The summed E-state index contributed by atoms with van der Waals surface area (Å²) in [5.41, 5.74) is -1.63. The zero-order valence-corrected chi connectivity index (χ0v) is 14.0. The highest BCUT2D eigenvalue weighted by atomic mass is 35.5. The van der Waals surface area contributed by atoms with Crippen molar-refractivity contribution >= 4 is 11.6 Å². The van der Waals surface area contributed by atoms with Crippen LogP contribution in [-0.2, 0) is 6.18 Å². The van der Waals surface area contributed by atoms with Crippen LogP contribution in [0, 0.1) is 5.82 Å². The van der Waals surface area contributed by atoms with Gasteiger partial charge in [-0.15, -0.1) is 0 Å². The number of aliphatic hydroxyl groups is 1. The summed E-state index contributed by atoms with van der Waals surface area (Å²) in [4.78, 5) is 3.86. The summed E-state index contributed by atoms with van der Waals surface area (Å²) < 4.78 is 90.0. The Morgan fingerprint density at radius 3 is 2.26 bits per heavy atom. The van der Waals surface area contributed by atoms with Gasteiger partial charge in [-0.2, -0.15) is 26.3 Å². The maximum atomic E-state index is 13.7. The molecule has 0 aliphatic rings. The second kappa shape index (κ2) is 7.99. The van der Waals surface area contributed by atoms with E-state index in [1.54, 1.807) is 0 Å². The molecule has 2 atom stereocenters. The summed E-state index contributed by atoms with van der Waals surface area (Å²) in [6.45, 7) is -1.05. The Morgan fingerprint density at radius 1 is 1.07 bits per heavy atom. The number of aliphatic hydroxyl groups excluding tert-OH is 1. The highest BCUT2D eigenvalue weighted by Crippen LogP contribution is 2.33. The molecule has 2 N–H and O–H groups in total. The summed E-state index contributed by atoms with van der Waals surface area (Å²) in [5.74, 6) is -1.23. The minimum absolute atomic E-state index is 0.00695. The number of hydrogen-bond donors (Lipinski definition) is 2. The molecule has 2 rings (SSSR count). The van der Waals surface area contributed by atoms with E-state index in [2.05, 4.69) is 10.3 Å². The Morgan fingerprint density at radius 2 is 1.74 bits per heavy atom. The van der Waals surface area contributed by atoms with Crippen LogP contribution in [0.2, 0.25) is 5.02 Å². The fourth-order valence-corrected chi connectivity index (χ4v) is 2.35. The normalized spacial score (nSPS) is 14.9. The quantitative estimate of drug-likeness (QED) is 0.706. The van der Waals surface area contributed by atoms with Gasteiger partial charge in [0.1, 0.15) is 5.82 Å². The summed E-state index contributed by atoms with van der Waals surface area (Å²) >= 11 is 5.68. The Hall–Kier alpha value is -1.91. The van der Waals surface area contributed by atoms with Crippen LogP contribution >= 0.6 is 11.6 Å². The van der Waals surface area contributed by atoms with Gasteiger partial charge in [-0.1, -0.05) is 11.6 Å². The standard InChI is InChI=1S/C16H12ClF7N2O/c17-10-1-2-12(25-6-10)14(26-7-13(27)16(22,23)24)8-3-9(15(19,20)21)5-11(18)4-8/h1-6,13-14,26-27H,7H2/t13?,14-/m0/s1. The van der Waals surface area contributed by atoms with Gasteiger partial charge in [0.25, 0.3) is 0 Å². The molecule has 0 saturated carbocycles. The number of nitrogens with zero attached hydrogens (tertiary/aromatic N) is 1. The van der Waals surface area contributed by atoms with Gasteiger partial charge in [0, 0.05) is 12.7 Å². The van der Waals surface area contributed by atoms with Crippen molar-refractivity contribution in [1.29, 1.82) is 0 Å². The monoisotopic (exact) mass is 416 g/mol. The molecule has 0 saturated heterocycles. The van der Waals surface area contributed by atoms with Crippen LogP contribution in [0.1, 0.15) is 22.9 Å². The van der Waals surface area contributed by atoms with Gasteiger partial charge in [0.15, 0.2) is 6.10 Å². The highest BCUT2D eigenvalue weighted by Gasteiger charge is 2.38. The molecule has 1 aromatic heterocycles. The minimum Gasteiger partial charge on any atom is -0.382 e. The second-order valence-corrected chi connectivity index (χ2v) is 6.01. The van der Waals surface area contributed by atoms with Crippen molar-refractivity contribution in [2.75, 3.05) is 6.54 Å². The van der Waals surface area contributed by atoms with E-state index >= 15 is 0 Å². The van der Waals surface area contributed by atoms with Crippen LogP contribution in [0.5, 0.6) is 0 Å². The molecule has 1 heterocycles. The van der Waals surface area contributed by atoms with E-state index in [4.69, 9.17) is 16.7 Å². The Balaban J connectivity index is 2.43. The molecule has 0 fully saturated rings. The molecule has 27 heavy (non-hydrogen) atoms. The van der Waals surface area contributed by atoms with Crippen LogP contribution in [0.15, 0.2) is 36.5 Å². The van der Waals surface area contributed by atoms with Crippen molar-refractivity contribution in [3.8, 4) is 0 Å². The molecule has 11 heteroatoms. The Kier molecular flexibility index (Phi) is 6.33. The van der Waals surface area contributed by atoms with Gasteiger partial charge in [0.2, 0.25) is 0 Å². The molecule has 0 radical (unpaired) electrons. The first kappa shape index (κ1) is 21.4. The van der Waals surface area contributed by atoms with E-state index < -0.39 is 42.4 Å².